The molecule has 1 saturated heterocycles. The van der Waals surface area contributed by atoms with E-state index in [9.17, 15) is 18.4 Å². The second-order valence-corrected chi connectivity index (χ2v) is 10.8. The van der Waals surface area contributed by atoms with E-state index < -0.39 is 17.6 Å². The lowest BCUT2D eigenvalue weighted by Gasteiger charge is -2.31. The van der Waals surface area contributed by atoms with E-state index in [1.165, 1.54) is 12.1 Å². The first-order valence-electron chi connectivity index (χ1n) is 12.5. The largest absolute Gasteiger partial charge is 0.356 e. The number of rotatable bonds is 9. The van der Waals surface area contributed by atoms with Crippen LogP contribution in [-0.2, 0) is 9.59 Å². The van der Waals surface area contributed by atoms with Crippen LogP contribution in [0.2, 0.25) is 5.02 Å². The molecule has 8 heteroatoms. The number of carbonyl (C=O) groups is 2. The summed E-state index contributed by atoms with van der Waals surface area (Å²) >= 11 is 6.00. The van der Waals surface area contributed by atoms with Gasteiger partial charge in [-0.3, -0.25) is 14.5 Å². The van der Waals surface area contributed by atoms with Gasteiger partial charge in [0.05, 0.1) is 12.0 Å². The fourth-order valence-electron chi connectivity index (χ4n) is 4.70. The number of carbonyl (C=O) groups excluding carboxylic acids is 2. The van der Waals surface area contributed by atoms with E-state index in [-0.39, 0.29) is 29.3 Å². The Kier molecular flexibility index (Phi) is 9.47. The molecule has 3 atom stereocenters. The normalized spacial score (nSPS) is 19.2. The molecule has 196 valence electrons. The Morgan fingerprint density at radius 2 is 1.81 bits per heavy atom. The van der Waals surface area contributed by atoms with Crippen LogP contribution in [-0.4, -0.2) is 41.9 Å². The summed E-state index contributed by atoms with van der Waals surface area (Å²) in [4.78, 5) is 27.4. The van der Waals surface area contributed by atoms with Crippen molar-refractivity contribution in [2.75, 3.05) is 19.6 Å². The van der Waals surface area contributed by atoms with Gasteiger partial charge in [0.2, 0.25) is 11.8 Å². The summed E-state index contributed by atoms with van der Waals surface area (Å²) in [5.74, 6) is -2.25. The smallest absolute Gasteiger partial charge is 0.225 e. The van der Waals surface area contributed by atoms with E-state index in [0.29, 0.717) is 49.5 Å². The predicted octanol–water partition coefficient (Wildman–Crippen LogP) is 5.60. The van der Waals surface area contributed by atoms with Crippen molar-refractivity contribution in [1.29, 1.82) is 0 Å². The number of halogens is 3. The second-order valence-electron chi connectivity index (χ2n) is 10.4. The van der Waals surface area contributed by atoms with E-state index in [1.807, 2.05) is 12.1 Å². The first-order chi connectivity index (χ1) is 17.0. The van der Waals surface area contributed by atoms with Crippen molar-refractivity contribution in [2.45, 2.75) is 64.5 Å². The highest BCUT2D eigenvalue weighted by Crippen LogP contribution is 2.37. The summed E-state index contributed by atoms with van der Waals surface area (Å²) in [6, 6.07) is 10.8. The number of nitrogens with zero attached hydrogens (tertiary/aromatic N) is 1. The Morgan fingerprint density at radius 1 is 1.11 bits per heavy atom. The molecule has 2 aromatic carbocycles. The topological polar surface area (TPSA) is 61.4 Å². The van der Waals surface area contributed by atoms with Crippen LogP contribution in [0.25, 0.3) is 0 Å². The molecule has 2 amide bonds. The fraction of sp³-hybridized carbons (Fsp3) is 0.500. The van der Waals surface area contributed by atoms with Gasteiger partial charge < -0.3 is 10.6 Å². The van der Waals surface area contributed by atoms with Crippen molar-refractivity contribution >= 4 is 23.4 Å². The molecule has 1 fully saturated rings. The Morgan fingerprint density at radius 3 is 2.42 bits per heavy atom. The molecule has 1 aliphatic rings. The highest BCUT2D eigenvalue weighted by Gasteiger charge is 2.42. The summed E-state index contributed by atoms with van der Waals surface area (Å²) in [5.41, 5.74) is 1.14. The van der Waals surface area contributed by atoms with Gasteiger partial charge in [0.1, 0.15) is 11.6 Å². The van der Waals surface area contributed by atoms with Crippen molar-refractivity contribution < 1.29 is 18.4 Å². The van der Waals surface area contributed by atoms with Gasteiger partial charge in [0.25, 0.3) is 0 Å². The summed E-state index contributed by atoms with van der Waals surface area (Å²) in [6.07, 6.45) is 1.67. The molecule has 0 radical (unpaired) electrons. The van der Waals surface area contributed by atoms with Crippen LogP contribution in [0.3, 0.4) is 0 Å². The maximum Gasteiger partial charge on any atom is 0.225 e. The van der Waals surface area contributed by atoms with Gasteiger partial charge in [-0.05, 0) is 62.9 Å². The highest BCUT2D eigenvalue weighted by molar-refractivity contribution is 6.30. The number of likely N-dealkylation sites (tertiary alicyclic amines) is 1. The van der Waals surface area contributed by atoms with Gasteiger partial charge in [-0.15, -0.1) is 0 Å². The molecule has 2 aromatic rings. The van der Waals surface area contributed by atoms with Crippen molar-refractivity contribution in [2.24, 2.45) is 5.92 Å². The molecular weight excluding hydrogens is 484 g/mol. The van der Waals surface area contributed by atoms with Gasteiger partial charge in [0, 0.05) is 48.6 Å². The molecule has 1 aliphatic heterocycles. The zero-order valence-electron chi connectivity index (χ0n) is 21.4. The van der Waals surface area contributed by atoms with E-state index in [2.05, 4.69) is 36.3 Å². The molecule has 0 aliphatic carbocycles. The Bertz CT molecular complexity index is 1060. The number of amides is 2. The lowest BCUT2D eigenvalue weighted by Crippen LogP contribution is -2.41. The average molecular weight is 520 g/mol. The van der Waals surface area contributed by atoms with Crippen molar-refractivity contribution in [3.05, 3.63) is 70.2 Å². The summed E-state index contributed by atoms with van der Waals surface area (Å²) in [5, 5.41) is 6.67. The highest BCUT2D eigenvalue weighted by atomic mass is 35.5. The molecule has 1 heterocycles. The molecule has 0 bridgehead atoms. The van der Waals surface area contributed by atoms with Gasteiger partial charge >= 0.3 is 0 Å². The van der Waals surface area contributed by atoms with E-state index in [4.69, 9.17) is 11.6 Å². The molecule has 5 nitrogen and oxygen atoms in total. The molecule has 2 N–H and O–H groups in total. The van der Waals surface area contributed by atoms with Gasteiger partial charge in [-0.25, -0.2) is 8.78 Å². The minimum Gasteiger partial charge on any atom is -0.356 e. The van der Waals surface area contributed by atoms with Crippen LogP contribution in [0.15, 0.2) is 42.5 Å². The quantitative estimate of drug-likeness (QED) is 0.424. The second kappa shape index (κ2) is 12.2. The van der Waals surface area contributed by atoms with Crippen molar-refractivity contribution in [3.63, 3.8) is 0 Å². The molecule has 0 saturated carbocycles. The van der Waals surface area contributed by atoms with Gasteiger partial charge in [-0.2, -0.15) is 0 Å². The predicted molar refractivity (Wildman–Crippen MR) is 139 cm³/mol. The first-order valence-corrected chi connectivity index (χ1v) is 12.9. The minimum atomic E-state index is -0.631. The Hall–Kier alpha value is -2.51. The zero-order chi connectivity index (χ0) is 26.5. The average Bonchev–Trinajstić information content (AvgIpc) is 3.27. The first kappa shape index (κ1) is 28.1. The maximum absolute atomic E-state index is 14.6. The number of benzene rings is 2. The van der Waals surface area contributed by atoms with Crippen LogP contribution in [0, 0.1) is 17.6 Å². The monoisotopic (exact) mass is 519 g/mol. The third-order valence-electron chi connectivity index (χ3n) is 6.86. The summed E-state index contributed by atoms with van der Waals surface area (Å²) in [7, 11) is 0. The third-order valence-corrected chi connectivity index (χ3v) is 7.12. The van der Waals surface area contributed by atoms with E-state index in [0.717, 1.165) is 11.6 Å². The van der Waals surface area contributed by atoms with E-state index in [1.54, 1.807) is 19.1 Å². The Labute approximate surface area is 217 Å². The van der Waals surface area contributed by atoms with Crippen molar-refractivity contribution in [1.82, 2.24) is 15.5 Å². The number of hydrogen-bond donors (Lipinski definition) is 2. The van der Waals surface area contributed by atoms with Gasteiger partial charge in [0.15, 0.2) is 0 Å². The molecular formula is C28H36ClF2N3O2. The van der Waals surface area contributed by atoms with Crippen LogP contribution in [0.1, 0.15) is 70.0 Å². The number of hydrogen-bond acceptors (Lipinski definition) is 3. The van der Waals surface area contributed by atoms with Crippen LogP contribution >= 0.6 is 11.6 Å². The van der Waals surface area contributed by atoms with Crippen LogP contribution in [0.4, 0.5) is 8.78 Å². The van der Waals surface area contributed by atoms with Gasteiger partial charge in [-0.1, -0.05) is 36.7 Å². The zero-order valence-corrected chi connectivity index (χ0v) is 22.2. The maximum atomic E-state index is 14.6. The molecule has 0 aromatic heterocycles. The van der Waals surface area contributed by atoms with Crippen molar-refractivity contribution in [3.8, 4) is 0 Å². The molecule has 36 heavy (non-hydrogen) atoms. The molecule has 3 rings (SSSR count). The fourth-order valence-corrected chi connectivity index (χ4v) is 4.82. The number of nitrogens with one attached hydrogen (secondary N) is 2. The van der Waals surface area contributed by atoms with Crippen LogP contribution in [0.5, 0.6) is 0 Å². The molecule has 0 spiro atoms. The summed E-state index contributed by atoms with van der Waals surface area (Å²) in [6.45, 7) is 9.43. The van der Waals surface area contributed by atoms with Crippen LogP contribution < -0.4 is 10.6 Å². The summed E-state index contributed by atoms with van der Waals surface area (Å²) < 4.78 is 28.2. The standard InChI is InChI=1S/C28H36ClF2N3O2/c1-5-26(35)33-25(18-8-10-19(29)11-9-18)7-6-14-32-27(36)23-17-34(28(2,3)4)16-22(23)21-13-12-20(30)15-24(21)31/h8-13,15,22-23,25H,5-7,14,16-17H2,1-4H3,(H,32,36)(H,33,35)/t22-,23+,25-/m0/s1. The van der Waals surface area contributed by atoms with E-state index >= 15 is 0 Å². The third kappa shape index (κ3) is 7.26. The lowest BCUT2D eigenvalue weighted by atomic mass is 9.88. The molecule has 0 unspecified atom stereocenters. The Balaban J connectivity index is 1.65. The minimum absolute atomic E-state index is 0.0450. The SMILES string of the molecule is CCC(=O)N[C@@H](CCCNC(=O)[C@@H]1CN(C(C)(C)C)C[C@H]1c1ccc(F)cc1F)c1ccc(Cl)cc1. The lowest BCUT2D eigenvalue weighted by molar-refractivity contribution is -0.125.